The SMILES string of the molecule is O=c1[nH]c2cc(/C=C3/c4ccccc4COc4cc(F)ccc43)ccc2n1C1CC1. The Morgan fingerprint density at radius 2 is 1.90 bits per heavy atom. The molecule has 0 radical (unpaired) electrons. The van der Waals surface area contributed by atoms with E-state index in [-0.39, 0.29) is 11.5 Å². The first-order valence-corrected chi connectivity index (χ1v) is 10.1. The molecule has 1 saturated carbocycles. The molecular weight excluding hydrogens is 379 g/mol. The number of hydrogen-bond donors (Lipinski definition) is 1. The fraction of sp³-hybridized carbons (Fsp3) is 0.160. The fourth-order valence-corrected chi connectivity index (χ4v) is 4.30. The predicted octanol–water partition coefficient (Wildman–Crippen LogP) is 5.28. The van der Waals surface area contributed by atoms with Crippen molar-refractivity contribution in [2.24, 2.45) is 0 Å². The maximum Gasteiger partial charge on any atom is 0.326 e. The molecule has 1 aliphatic heterocycles. The van der Waals surface area contributed by atoms with Gasteiger partial charge in [0.05, 0.1) is 11.0 Å². The molecule has 6 rings (SSSR count). The van der Waals surface area contributed by atoms with Crippen LogP contribution in [0.25, 0.3) is 22.7 Å². The van der Waals surface area contributed by atoms with Crippen LogP contribution >= 0.6 is 0 Å². The summed E-state index contributed by atoms with van der Waals surface area (Å²) in [6.45, 7) is 0.389. The summed E-state index contributed by atoms with van der Waals surface area (Å²) in [5.41, 5.74) is 6.63. The number of aromatic nitrogens is 2. The molecule has 0 saturated heterocycles. The zero-order chi connectivity index (χ0) is 20.2. The normalized spacial score (nSPS) is 16.8. The Balaban J connectivity index is 1.55. The molecule has 148 valence electrons. The highest BCUT2D eigenvalue weighted by Gasteiger charge is 2.27. The number of halogens is 1. The summed E-state index contributed by atoms with van der Waals surface area (Å²) >= 11 is 0. The van der Waals surface area contributed by atoms with Gasteiger partial charge in [-0.15, -0.1) is 0 Å². The molecule has 0 spiro atoms. The molecule has 0 amide bonds. The van der Waals surface area contributed by atoms with E-state index in [1.165, 1.54) is 12.1 Å². The Labute approximate surface area is 172 Å². The zero-order valence-corrected chi connectivity index (χ0v) is 16.2. The van der Waals surface area contributed by atoms with Crippen LogP contribution < -0.4 is 10.4 Å². The first kappa shape index (κ1) is 17.3. The van der Waals surface area contributed by atoms with E-state index < -0.39 is 0 Å². The lowest BCUT2D eigenvalue weighted by molar-refractivity contribution is 0.305. The lowest BCUT2D eigenvalue weighted by Crippen LogP contribution is -2.14. The molecule has 0 atom stereocenters. The Kier molecular flexibility index (Phi) is 3.72. The van der Waals surface area contributed by atoms with Gasteiger partial charge in [0.2, 0.25) is 0 Å². The molecule has 1 fully saturated rings. The predicted molar refractivity (Wildman–Crippen MR) is 115 cm³/mol. The highest BCUT2D eigenvalue weighted by Crippen LogP contribution is 2.39. The van der Waals surface area contributed by atoms with Crippen LogP contribution in [0.5, 0.6) is 5.75 Å². The van der Waals surface area contributed by atoms with Crippen LogP contribution in [0.4, 0.5) is 4.39 Å². The highest BCUT2D eigenvalue weighted by molar-refractivity contribution is 5.95. The van der Waals surface area contributed by atoms with E-state index in [1.807, 2.05) is 41.0 Å². The number of hydrogen-bond acceptors (Lipinski definition) is 2. The Hall–Kier alpha value is -3.60. The number of benzene rings is 3. The van der Waals surface area contributed by atoms with Crippen molar-refractivity contribution in [3.63, 3.8) is 0 Å². The van der Waals surface area contributed by atoms with Gasteiger partial charge >= 0.3 is 5.69 Å². The third-order valence-corrected chi connectivity index (χ3v) is 5.89. The minimum absolute atomic E-state index is 0.0497. The smallest absolute Gasteiger partial charge is 0.326 e. The molecule has 3 aromatic carbocycles. The zero-order valence-electron chi connectivity index (χ0n) is 16.2. The Morgan fingerprint density at radius 1 is 1.03 bits per heavy atom. The summed E-state index contributed by atoms with van der Waals surface area (Å²) in [7, 11) is 0. The van der Waals surface area contributed by atoms with Crippen LogP contribution in [0.15, 0.2) is 65.5 Å². The molecular formula is C25H19FN2O2. The number of imidazole rings is 1. The van der Waals surface area contributed by atoms with Gasteiger partial charge in [0.15, 0.2) is 0 Å². The Morgan fingerprint density at radius 3 is 2.77 bits per heavy atom. The number of H-pyrrole nitrogens is 1. The standard InChI is InChI=1S/C25H19FN2O2/c26-17-6-9-20-21(19-4-2-1-3-16(19)14-30-24(20)13-17)11-15-5-10-23-22(12-15)27-25(29)28(23)18-7-8-18/h1-6,9-13,18H,7-8,14H2,(H,27,29)/b21-11-. The van der Waals surface area contributed by atoms with Crippen LogP contribution in [0, 0.1) is 5.82 Å². The number of ether oxygens (including phenoxy) is 1. The maximum atomic E-state index is 13.9. The summed E-state index contributed by atoms with van der Waals surface area (Å²) in [6.07, 6.45) is 4.20. The summed E-state index contributed by atoms with van der Waals surface area (Å²) < 4.78 is 21.6. The minimum atomic E-state index is -0.320. The molecule has 1 aliphatic carbocycles. The molecule has 2 aliphatic rings. The van der Waals surface area contributed by atoms with Crippen LogP contribution in [0.2, 0.25) is 0 Å². The van der Waals surface area contributed by atoms with Gasteiger partial charge < -0.3 is 9.72 Å². The van der Waals surface area contributed by atoms with Crippen LogP contribution in [0.3, 0.4) is 0 Å². The average Bonchev–Trinajstić information content (AvgIpc) is 3.54. The second-order valence-electron chi connectivity index (χ2n) is 7.95. The first-order valence-electron chi connectivity index (χ1n) is 10.1. The van der Waals surface area contributed by atoms with E-state index in [0.29, 0.717) is 18.4 Å². The molecule has 2 heterocycles. The summed E-state index contributed by atoms with van der Waals surface area (Å²) in [6, 6.07) is 19.1. The van der Waals surface area contributed by atoms with Crippen molar-refractivity contribution in [2.45, 2.75) is 25.5 Å². The Bertz CT molecular complexity index is 1390. The van der Waals surface area contributed by atoms with Crippen molar-refractivity contribution >= 4 is 22.7 Å². The number of nitrogens with one attached hydrogen (secondary N) is 1. The van der Waals surface area contributed by atoms with Gasteiger partial charge in [-0.05, 0) is 65.4 Å². The monoisotopic (exact) mass is 398 g/mol. The van der Waals surface area contributed by atoms with Gasteiger partial charge in [0.1, 0.15) is 18.2 Å². The largest absolute Gasteiger partial charge is 0.488 e. The van der Waals surface area contributed by atoms with Crippen molar-refractivity contribution in [3.8, 4) is 5.75 Å². The summed E-state index contributed by atoms with van der Waals surface area (Å²) in [5.74, 6) is 0.214. The van der Waals surface area contributed by atoms with Crippen molar-refractivity contribution in [1.82, 2.24) is 9.55 Å². The van der Waals surface area contributed by atoms with E-state index in [0.717, 1.165) is 51.7 Å². The maximum absolute atomic E-state index is 13.9. The van der Waals surface area contributed by atoms with Crippen molar-refractivity contribution in [2.75, 3.05) is 0 Å². The van der Waals surface area contributed by atoms with Crippen molar-refractivity contribution in [3.05, 3.63) is 99.2 Å². The van der Waals surface area contributed by atoms with E-state index in [2.05, 4.69) is 17.1 Å². The topological polar surface area (TPSA) is 47.0 Å². The van der Waals surface area contributed by atoms with E-state index in [9.17, 15) is 9.18 Å². The number of nitrogens with zero attached hydrogens (tertiary/aromatic N) is 1. The van der Waals surface area contributed by atoms with Gasteiger partial charge in [-0.25, -0.2) is 9.18 Å². The second kappa shape index (κ2) is 6.46. The van der Waals surface area contributed by atoms with Crippen LogP contribution in [-0.4, -0.2) is 9.55 Å². The lowest BCUT2D eigenvalue weighted by atomic mass is 9.92. The van der Waals surface area contributed by atoms with E-state index in [4.69, 9.17) is 4.74 Å². The third-order valence-electron chi connectivity index (χ3n) is 5.89. The van der Waals surface area contributed by atoms with Crippen LogP contribution in [0.1, 0.15) is 41.1 Å². The second-order valence-corrected chi connectivity index (χ2v) is 7.95. The van der Waals surface area contributed by atoms with E-state index >= 15 is 0 Å². The van der Waals surface area contributed by atoms with Crippen molar-refractivity contribution in [1.29, 1.82) is 0 Å². The molecule has 30 heavy (non-hydrogen) atoms. The fourth-order valence-electron chi connectivity index (χ4n) is 4.30. The molecule has 0 unspecified atom stereocenters. The molecule has 0 bridgehead atoms. The average molecular weight is 398 g/mol. The van der Waals surface area contributed by atoms with Gasteiger partial charge in [0, 0.05) is 17.7 Å². The van der Waals surface area contributed by atoms with E-state index in [1.54, 1.807) is 6.07 Å². The number of fused-ring (bicyclic) bond motifs is 3. The number of rotatable bonds is 2. The third kappa shape index (κ3) is 2.77. The molecule has 4 aromatic rings. The van der Waals surface area contributed by atoms with Gasteiger partial charge in [-0.1, -0.05) is 30.3 Å². The van der Waals surface area contributed by atoms with Crippen LogP contribution in [-0.2, 0) is 6.61 Å². The summed E-state index contributed by atoms with van der Waals surface area (Å²) in [4.78, 5) is 15.4. The molecule has 4 nitrogen and oxygen atoms in total. The lowest BCUT2D eigenvalue weighted by Gasteiger charge is -2.11. The number of aromatic amines is 1. The van der Waals surface area contributed by atoms with Crippen molar-refractivity contribution < 1.29 is 9.13 Å². The van der Waals surface area contributed by atoms with Gasteiger partial charge in [0.25, 0.3) is 0 Å². The highest BCUT2D eigenvalue weighted by atomic mass is 19.1. The minimum Gasteiger partial charge on any atom is -0.488 e. The molecule has 1 aromatic heterocycles. The quantitative estimate of drug-likeness (QED) is 0.499. The first-order chi connectivity index (χ1) is 14.7. The van der Waals surface area contributed by atoms with Gasteiger partial charge in [-0.2, -0.15) is 0 Å². The van der Waals surface area contributed by atoms with Gasteiger partial charge in [-0.3, -0.25) is 4.57 Å². The summed E-state index contributed by atoms with van der Waals surface area (Å²) in [5, 5.41) is 0. The molecule has 1 N–H and O–H groups in total. The molecule has 5 heteroatoms.